The monoisotopic (exact) mass is 450 g/mol. The number of nitrogens with zero attached hydrogens (tertiary/aromatic N) is 3. The van der Waals surface area contributed by atoms with Crippen LogP contribution in [-0.2, 0) is 7.05 Å². The Bertz CT molecular complexity index is 1490. The summed E-state index contributed by atoms with van der Waals surface area (Å²) in [4.78, 5) is 22.3. The molecular formula is C28H23FN4O. The van der Waals surface area contributed by atoms with E-state index in [1.54, 1.807) is 18.2 Å². The Morgan fingerprint density at radius 2 is 1.71 bits per heavy atom. The van der Waals surface area contributed by atoms with E-state index in [0.717, 1.165) is 39.1 Å². The summed E-state index contributed by atoms with van der Waals surface area (Å²) in [5.41, 5.74) is 3.75. The Morgan fingerprint density at radius 3 is 2.50 bits per heavy atom. The highest BCUT2D eigenvalue weighted by atomic mass is 19.1. The Kier molecular flexibility index (Phi) is 5.64. The minimum atomic E-state index is -0.302. The molecule has 0 aliphatic rings. The smallest absolute Gasteiger partial charge is 0.251 e. The van der Waals surface area contributed by atoms with Crippen molar-refractivity contribution in [3.8, 4) is 22.8 Å². The van der Waals surface area contributed by atoms with Crippen LogP contribution < -0.4 is 5.32 Å². The van der Waals surface area contributed by atoms with Crippen molar-refractivity contribution in [2.45, 2.75) is 13.0 Å². The SMILES string of the molecule is C[C@@H](NC(=O)c1cccc(-c2cn(C)c(-c3cc4ccccc4cn3)n2)c1)c1ccc(F)cc1. The van der Waals surface area contributed by atoms with Crippen LogP contribution in [0.4, 0.5) is 4.39 Å². The number of carbonyl (C=O) groups is 1. The minimum Gasteiger partial charge on any atom is -0.346 e. The summed E-state index contributed by atoms with van der Waals surface area (Å²) in [5.74, 6) is 0.246. The molecule has 1 atom stereocenters. The lowest BCUT2D eigenvalue weighted by atomic mass is 10.1. The first-order valence-corrected chi connectivity index (χ1v) is 11.0. The molecule has 168 valence electrons. The van der Waals surface area contributed by atoms with Gasteiger partial charge in [-0.1, -0.05) is 48.5 Å². The number of hydrogen-bond donors (Lipinski definition) is 1. The molecule has 3 aromatic carbocycles. The van der Waals surface area contributed by atoms with E-state index < -0.39 is 0 Å². The molecule has 0 saturated carbocycles. The number of halogens is 1. The van der Waals surface area contributed by atoms with Gasteiger partial charge in [-0.15, -0.1) is 0 Å². The number of pyridine rings is 1. The normalized spacial score (nSPS) is 12.0. The van der Waals surface area contributed by atoms with Gasteiger partial charge in [0.15, 0.2) is 5.82 Å². The van der Waals surface area contributed by atoms with Crippen molar-refractivity contribution in [1.82, 2.24) is 19.9 Å². The fourth-order valence-electron chi connectivity index (χ4n) is 3.98. The third kappa shape index (κ3) is 4.30. The zero-order valence-electron chi connectivity index (χ0n) is 18.9. The van der Waals surface area contributed by atoms with Crippen LogP contribution >= 0.6 is 0 Å². The first kappa shape index (κ1) is 21.5. The zero-order chi connectivity index (χ0) is 23.7. The van der Waals surface area contributed by atoms with Crippen LogP contribution in [0.2, 0.25) is 0 Å². The number of benzene rings is 3. The molecule has 0 unspecified atom stereocenters. The summed E-state index contributed by atoms with van der Waals surface area (Å²) in [6.45, 7) is 1.87. The summed E-state index contributed by atoms with van der Waals surface area (Å²) in [6, 6.07) is 23.4. The number of fused-ring (bicyclic) bond motifs is 1. The lowest BCUT2D eigenvalue weighted by Gasteiger charge is -2.14. The molecule has 0 saturated heterocycles. The Labute approximate surface area is 196 Å². The number of aromatic nitrogens is 3. The number of carbonyl (C=O) groups excluding carboxylic acids is 1. The maximum Gasteiger partial charge on any atom is 0.251 e. The van der Waals surface area contributed by atoms with Crippen LogP contribution in [0.1, 0.15) is 28.9 Å². The van der Waals surface area contributed by atoms with Crippen molar-refractivity contribution in [1.29, 1.82) is 0 Å². The molecule has 0 spiro atoms. The highest BCUT2D eigenvalue weighted by Crippen LogP contribution is 2.26. The standard InChI is InChI=1S/C28H23FN4O/c1-18(19-10-12-24(29)13-11-19)31-28(34)22-9-5-8-21(14-22)26-17-33(2)27(32-26)25-15-20-6-3-4-7-23(20)16-30-25/h3-18H,1-2H3,(H,31,34)/t18-/m1/s1. The zero-order valence-corrected chi connectivity index (χ0v) is 18.9. The Balaban J connectivity index is 1.39. The van der Waals surface area contributed by atoms with Crippen LogP contribution in [0.3, 0.4) is 0 Å². The molecule has 0 aliphatic carbocycles. The van der Waals surface area contributed by atoms with E-state index in [0.29, 0.717) is 5.56 Å². The fraction of sp³-hybridized carbons (Fsp3) is 0.107. The van der Waals surface area contributed by atoms with Gasteiger partial charge in [0.05, 0.1) is 11.7 Å². The fourth-order valence-corrected chi connectivity index (χ4v) is 3.98. The van der Waals surface area contributed by atoms with E-state index in [9.17, 15) is 9.18 Å². The number of nitrogens with one attached hydrogen (secondary N) is 1. The van der Waals surface area contributed by atoms with Gasteiger partial charge in [-0.2, -0.15) is 0 Å². The van der Waals surface area contributed by atoms with Crippen LogP contribution in [0.15, 0.2) is 91.3 Å². The summed E-state index contributed by atoms with van der Waals surface area (Å²) < 4.78 is 15.1. The molecule has 6 heteroatoms. The molecule has 0 aliphatic heterocycles. The van der Waals surface area contributed by atoms with E-state index in [1.807, 2.05) is 73.4 Å². The quantitative estimate of drug-likeness (QED) is 0.361. The largest absolute Gasteiger partial charge is 0.346 e. The second kappa shape index (κ2) is 8.90. The second-order valence-corrected chi connectivity index (χ2v) is 8.30. The third-order valence-electron chi connectivity index (χ3n) is 5.87. The predicted octanol–water partition coefficient (Wildman–Crippen LogP) is 5.93. The molecule has 2 heterocycles. The van der Waals surface area contributed by atoms with E-state index in [4.69, 9.17) is 4.98 Å². The van der Waals surface area contributed by atoms with Gasteiger partial charge in [0.1, 0.15) is 11.5 Å². The van der Waals surface area contributed by atoms with Crippen molar-refractivity contribution in [2.75, 3.05) is 0 Å². The average Bonchev–Trinajstić information content (AvgIpc) is 3.25. The number of rotatable bonds is 5. The first-order valence-electron chi connectivity index (χ1n) is 11.0. The topological polar surface area (TPSA) is 59.8 Å². The first-order chi connectivity index (χ1) is 16.5. The van der Waals surface area contributed by atoms with Crippen molar-refractivity contribution < 1.29 is 9.18 Å². The van der Waals surface area contributed by atoms with Crippen molar-refractivity contribution >= 4 is 16.7 Å². The number of amides is 1. The highest BCUT2D eigenvalue weighted by Gasteiger charge is 2.15. The molecule has 34 heavy (non-hydrogen) atoms. The Hall–Kier alpha value is -4.32. The van der Waals surface area contributed by atoms with E-state index in [-0.39, 0.29) is 17.8 Å². The molecule has 5 nitrogen and oxygen atoms in total. The van der Waals surface area contributed by atoms with Gasteiger partial charge in [-0.3, -0.25) is 9.78 Å². The maximum absolute atomic E-state index is 13.2. The summed E-state index contributed by atoms with van der Waals surface area (Å²) >= 11 is 0. The minimum absolute atomic E-state index is 0.203. The van der Waals surface area contributed by atoms with Gasteiger partial charge in [0, 0.05) is 36.0 Å². The summed E-state index contributed by atoms with van der Waals surface area (Å²) in [6.07, 6.45) is 3.79. The van der Waals surface area contributed by atoms with Gasteiger partial charge in [0.25, 0.3) is 5.91 Å². The molecule has 5 aromatic rings. The molecule has 2 aromatic heterocycles. The van der Waals surface area contributed by atoms with Gasteiger partial charge in [-0.05, 0) is 48.2 Å². The summed E-state index contributed by atoms with van der Waals surface area (Å²) in [5, 5.41) is 5.15. The number of aryl methyl sites for hydroxylation is 1. The average molecular weight is 451 g/mol. The van der Waals surface area contributed by atoms with Gasteiger partial charge < -0.3 is 9.88 Å². The lowest BCUT2D eigenvalue weighted by Crippen LogP contribution is -2.26. The molecule has 1 amide bonds. The molecule has 0 bridgehead atoms. The lowest BCUT2D eigenvalue weighted by molar-refractivity contribution is 0.0940. The second-order valence-electron chi connectivity index (χ2n) is 8.30. The maximum atomic E-state index is 13.2. The van der Waals surface area contributed by atoms with E-state index in [2.05, 4.69) is 16.4 Å². The van der Waals surface area contributed by atoms with Gasteiger partial charge in [-0.25, -0.2) is 9.37 Å². The van der Waals surface area contributed by atoms with E-state index in [1.165, 1.54) is 12.1 Å². The van der Waals surface area contributed by atoms with Gasteiger partial charge >= 0.3 is 0 Å². The third-order valence-corrected chi connectivity index (χ3v) is 5.87. The summed E-state index contributed by atoms with van der Waals surface area (Å²) in [7, 11) is 1.93. The number of imidazole rings is 1. The molecule has 0 radical (unpaired) electrons. The molecule has 1 N–H and O–H groups in total. The van der Waals surface area contributed by atoms with Gasteiger partial charge in [0.2, 0.25) is 0 Å². The predicted molar refractivity (Wildman–Crippen MR) is 132 cm³/mol. The van der Waals surface area contributed by atoms with Crippen LogP contribution in [0.5, 0.6) is 0 Å². The van der Waals surface area contributed by atoms with Crippen molar-refractivity contribution in [3.63, 3.8) is 0 Å². The van der Waals surface area contributed by atoms with Crippen LogP contribution in [-0.4, -0.2) is 20.4 Å². The van der Waals surface area contributed by atoms with Crippen molar-refractivity contribution in [2.24, 2.45) is 7.05 Å². The molecular weight excluding hydrogens is 427 g/mol. The van der Waals surface area contributed by atoms with E-state index >= 15 is 0 Å². The number of hydrogen-bond acceptors (Lipinski definition) is 3. The van der Waals surface area contributed by atoms with Crippen LogP contribution in [0.25, 0.3) is 33.5 Å². The molecule has 0 fully saturated rings. The Morgan fingerprint density at radius 1 is 0.941 bits per heavy atom. The van der Waals surface area contributed by atoms with Crippen LogP contribution in [0, 0.1) is 5.82 Å². The highest BCUT2D eigenvalue weighted by molar-refractivity contribution is 5.95. The molecule has 5 rings (SSSR count). The van der Waals surface area contributed by atoms with Crippen molar-refractivity contribution in [3.05, 3.63) is 108 Å².